The van der Waals surface area contributed by atoms with Gasteiger partial charge in [-0.1, -0.05) is 28.7 Å². The van der Waals surface area contributed by atoms with Crippen molar-refractivity contribution in [1.29, 1.82) is 0 Å². The van der Waals surface area contributed by atoms with E-state index in [0.29, 0.717) is 0 Å². The lowest BCUT2D eigenvalue weighted by atomic mass is 9.96. The Morgan fingerprint density at radius 2 is 1.92 bits per heavy atom. The second kappa shape index (κ2) is 6.85. The summed E-state index contributed by atoms with van der Waals surface area (Å²) < 4.78 is 21.8. The van der Waals surface area contributed by atoms with Crippen molar-refractivity contribution in [2.24, 2.45) is 5.41 Å². The molecule has 1 heterocycles. The van der Waals surface area contributed by atoms with Gasteiger partial charge in [-0.05, 0) is 46.7 Å². The maximum absolute atomic E-state index is 12.7. The van der Waals surface area contributed by atoms with Crippen LogP contribution in [-0.4, -0.2) is 55.6 Å². The Bertz CT molecular complexity index is 734. The molecule has 3 unspecified atom stereocenters. The summed E-state index contributed by atoms with van der Waals surface area (Å²) in [7, 11) is -0.564. The van der Waals surface area contributed by atoms with E-state index in [2.05, 4.69) is 20.8 Å². The highest BCUT2D eigenvalue weighted by Crippen LogP contribution is 2.70. The summed E-state index contributed by atoms with van der Waals surface area (Å²) >= 11 is 2.20. The molecule has 2 N–H and O–H groups in total. The first kappa shape index (κ1) is 19.7. The van der Waals surface area contributed by atoms with Crippen LogP contribution in [0.1, 0.15) is 45.3 Å². The van der Waals surface area contributed by atoms with E-state index >= 15 is 0 Å². The summed E-state index contributed by atoms with van der Waals surface area (Å²) in [6, 6.07) is 6.70. The van der Waals surface area contributed by atoms with Gasteiger partial charge in [-0.15, -0.1) is 0 Å². The Morgan fingerprint density at radius 3 is 2.46 bits per heavy atom. The third-order valence-electron chi connectivity index (χ3n) is 4.91. The van der Waals surface area contributed by atoms with Gasteiger partial charge in [0.1, 0.15) is 6.04 Å². The molecule has 1 amide bonds. The Balaban J connectivity index is 2.13. The van der Waals surface area contributed by atoms with Crippen molar-refractivity contribution in [2.45, 2.75) is 55.9 Å². The Labute approximate surface area is 164 Å². The quantitative estimate of drug-likeness (QED) is 0.611. The summed E-state index contributed by atoms with van der Waals surface area (Å²) in [6.07, 6.45) is 1.10. The molecule has 0 bridgehead atoms. The van der Waals surface area contributed by atoms with Gasteiger partial charge in [0.05, 0.1) is 5.41 Å². The molecule has 1 aromatic rings. The van der Waals surface area contributed by atoms with Gasteiger partial charge < -0.3 is 13.6 Å². The van der Waals surface area contributed by atoms with Crippen LogP contribution in [-0.2, 0) is 14.3 Å². The zero-order chi connectivity index (χ0) is 19.3. The highest BCUT2D eigenvalue weighted by molar-refractivity contribution is 8.28. The van der Waals surface area contributed by atoms with Crippen molar-refractivity contribution in [3.63, 3.8) is 0 Å². The SMILES string of the molecule is CN1C(C(=O)[NH][Al])C(OC(=O)C(C)(C)C)c2ccccc2S1(O)C1CC1. The molecule has 8 heteroatoms. The van der Waals surface area contributed by atoms with Gasteiger partial charge in [-0.3, -0.25) is 9.59 Å². The monoisotopic (exact) mass is 392 g/mol. The lowest BCUT2D eigenvalue weighted by Gasteiger charge is -2.52. The van der Waals surface area contributed by atoms with Crippen LogP contribution in [0.25, 0.3) is 0 Å². The summed E-state index contributed by atoms with van der Waals surface area (Å²) in [4.78, 5) is 26.1. The van der Waals surface area contributed by atoms with Crippen molar-refractivity contribution < 1.29 is 18.9 Å². The van der Waals surface area contributed by atoms with Crippen LogP contribution in [0.5, 0.6) is 0 Å². The molecule has 2 aliphatic rings. The third kappa shape index (κ3) is 3.19. The maximum atomic E-state index is 12.7. The van der Waals surface area contributed by atoms with E-state index in [1.165, 1.54) is 0 Å². The van der Waals surface area contributed by atoms with E-state index < -0.39 is 28.1 Å². The van der Waals surface area contributed by atoms with E-state index in [1.807, 2.05) is 24.3 Å². The number of rotatable bonds is 3. The molecule has 140 valence electrons. The average molecular weight is 392 g/mol. The van der Waals surface area contributed by atoms with Crippen LogP contribution < -0.4 is 4.30 Å². The molecule has 3 atom stereocenters. The zero-order valence-corrected chi connectivity index (χ0v) is 17.5. The summed E-state index contributed by atoms with van der Waals surface area (Å²) in [5, 5.41) is 0.146. The Kier molecular flexibility index (Phi) is 5.19. The Morgan fingerprint density at radius 1 is 1.31 bits per heavy atom. The summed E-state index contributed by atoms with van der Waals surface area (Å²) in [5.74, 6) is -0.676. The van der Waals surface area contributed by atoms with Crippen molar-refractivity contribution in [1.82, 2.24) is 8.61 Å². The number of amides is 1. The number of ether oxygens (including phenoxy) is 1. The minimum absolute atomic E-state index is 0.146. The normalized spacial score (nSPS) is 31.4. The van der Waals surface area contributed by atoms with Crippen LogP contribution in [0, 0.1) is 5.41 Å². The van der Waals surface area contributed by atoms with Gasteiger partial charge in [0, 0.05) is 15.7 Å². The molecule has 2 radical (unpaired) electrons. The molecule has 1 saturated carbocycles. The maximum Gasteiger partial charge on any atom is 0.311 e. The molecule has 0 saturated heterocycles. The van der Waals surface area contributed by atoms with Gasteiger partial charge in [-0.2, -0.15) is 0 Å². The van der Waals surface area contributed by atoms with E-state index in [4.69, 9.17) is 4.74 Å². The molecule has 1 fully saturated rings. The number of esters is 1. The van der Waals surface area contributed by atoms with Crippen molar-refractivity contribution in [3.8, 4) is 0 Å². The van der Waals surface area contributed by atoms with Crippen molar-refractivity contribution >= 4 is 38.9 Å². The van der Waals surface area contributed by atoms with Crippen LogP contribution in [0.15, 0.2) is 29.2 Å². The molecule has 3 rings (SSSR count). The average Bonchev–Trinajstić information content (AvgIpc) is 3.43. The number of fused-ring (bicyclic) bond motifs is 1. The Hall–Kier alpha value is -1.04. The number of likely N-dealkylation sites (N-methyl/N-ethyl adjacent to an activating group) is 1. The molecule has 1 aliphatic carbocycles. The summed E-state index contributed by atoms with van der Waals surface area (Å²) in [6.45, 7) is 5.35. The predicted molar refractivity (Wildman–Crippen MR) is 102 cm³/mol. The van der Waals surface area contributed by atoms with E-state index in [-0.39, 0.29) is 17.1 Å². The first-order valence-electron chi connectivity index (χ1n) is 8.70. The standard InChI is InChI=1S/C18H26N2O4S.Al/c1-18(2,3)17(22)24-15-12-7-5-6-8-13(12)25(23,11-9-10-11)20(4)14(15)16(19)21;/h5-8,11,14-15H,9-10H2,1-4H3,(H3,19,21,23);/q;+1/p-1. The van der Waals surface area contributed by atoms with E-state index in [0.717, 1.165) is 23.3 Å². The molecule has 6 nitrogen and oxygen atoms in total. The summed E-state index contributed by atoms with van der Waals surface area (Å²) in [5.41, 5.74) is 0.0401. The minimum atomic E-state index is -2.32. The largest absolute Gasteiger partial charge is 0.462 e. The van der Waals surface area contributed by atoms with Gasteiger partial charge in [0.25, 0.3) is 0 Å². The molecule has 0 spiro atoms. The predicted octanol–water partition coefficient (Wildman–Crippen LogP) is 2.54. The van der Waals surface area contributed by atoms with Gasteiger partial charge in [0.2, 0.25) is 5.91 Å². The molecule has 1 aromatic carbocycles. The molecular formula is C18H25AlN2O4S. The van der Waals surface area contributed by atoms with Crippen LogP contribution >= 0.6 is 10.5 Å². The fraction of sp³-hybridized carbons (Fsp3) is 0.556. The topological polar surface area (TPSA) is 78.9 Å². The van der Waals surface area contributed by atoms with Gasteiger partial charge in [-0.25, -0.2) is 4.31 Å². The number of nitrogens with zero attached hydrogens (tertiary/aromatic N) is 1. The van der Waals surface area contributed by atoms with Crippen LogP contribution in [0.3, 0.4) is 0 Å². The highest BCUT2D eigenvalue weighted by atomic mass is 32.3. The number of hydrogen-bond acceptors (Lipinski definition) is 5. The van der Waals surface area contributed by atoms with Crippen LogP contribution in [0.2, 0.25) is 0 Å². The first-order chi connectivity index (χ1) is 12.1. The van der Waals surface area contributed by atoms with Gasteiger partial charge in [0.15, 0.2) is 6.10 Å². The van der Waals surface area contributed by atoms with E-state index in [1.54, 1.807) is 32.1 Å². The smallest absolute Gasteiger partial charge is 0.311 e. The van der Waals surface area contributed by atoms with Crippen molar-refractivity contribution in [2.75, 3.05) is 7.05 Å². The lowest BCUT2D eigenvalue weighted by molar-refractivity contribution is -0.163. The zero-order valence-electron chi connectivity index (χ0n) is 15.6. The van der Waals surface area contributed by atoms with Crippen LogP contribution in [0.4, 0.5) is 0 Å². The number of hydrogen-bond donors (Lipinski definition) is 2. The molecule has 1 aliphatic heterocycles. The first-order valence-corrected chi connectivity index (χ1v) is 10.9. The lowest BCUT2D eigenvalue weighted by Crippen LogP contribution is -2.53. The van der Waals surface area contributed by atoms with Crippen molar-refractivity contribution in [3.05, 3.63) is 29.8 Å². The molecule has 0 aromatic heterocycles. The second-order valence-corrected chi connectivity index (χ2v) is 11.1. The fourth-order valence-corrected chi connectivity index (χ4v) is 6.76. The van der Waals surface area contributed by atoms with Gasteiger partial charge >= 0.3 is 22.5 Å². The number of benzene rings is 1. The second-order valence-electron chi connectivity index (χ2n) is 7.91. The van der Waals surface area contributed by atoms with E-state index in [9.17, 15) is 14.1 Å². The highest BCUT2D eigenvalue weighted by Gasteiger charge is 2.55. The molecule has 26 heavy (non-hydrogen) atoms. The number of carbonyl (C=O) groups excluding carboxylic acids is 2. The minimum Gasteiger partial charge on any atom is -0.462 e. The molecular weight excluding hydrogens is 367 g/mol. The number of nitrogens with one attached hydrogen (secondary N) is 1. The fourth-order valence-electron chi connectivity index (χ4n) is 3.30. The number of carbonyl (C=O) groups is 2. The third-order valence-corrected chi connectivity index (χ3v) is 8.72.